The Kier molecular flexibility index (Phi) is 29.1. The van der Waals surface area contributed by atoms with Crippen LogP contribution in [-0.2, 0) is 91.5 Å². The first-order valence-corrected chi connectivity index (χ1v) is 46.6. The number of benzene rings is 4. The highest BCUT2D eigenvalue weighted by atomic mass is 32.2. The molecule has 4 aliphatic rings. The Hall–Kier alpha value is -13.7. The van der Waals surface area contributed by atoms with Crippen molar-refractivity contribution in [2.24, 2.45) is 0 Å². The molecule has 7 heterocycles. The molecule has 4 aliphatic carbocycles. The van der Waals surface area contributed by atoms with Crippen LogP contribution in [0.25, 0.3) is 33.4 Å². The van der Waals surface area contributed by atoms with Crippen molar-refractivity contribution in [3.05, 3.63) is 207 Å². The monoisotopic (exact) mass is 1820 g/mol. The van der Waals surface area contributed by atoms with Gasteiger partial charge in [-0.05, 0) is 212 Å². The maximum Gasteiger partial charge on any atom is 0.333 e. The fourth-order valence-corrected chi connectivity index (χ4v) is 18.5. The maximum atomic E-state index is 12.9. The Morgan fingerprint density at radius 2 is 0.797 bits per heavy atom. The number of sulfonamides is 4. The van der Waals surface area contributed by atoms with Crippen molar-refractivity contribution < 1.29 is 62.3 Å². The van der Waals surface area contributed by atoms with Crippen LogP contribution >= 0.6 is 0 Å². The first-order chi connectivity index (χ1) is 60.8. The molecule has 0 saturated heterocycles. The average Bonchev–Trinajstić information content (AvgIpc) is 1.69. The third-order valence-corrected chi connectivity index (χ3v) is 26.2. The van der Waals surface area contributed by atoms with Crippen LogP contribution in [0.5, 0.6) is 11.8 Å². The van der Waals surface area contributed by atoms with Gasteiger partial charge in [0.1, 0.15) is 5.82 Å². The van der Waals surface area contributed by atoms with Crippen LogP contribution in [-0.4, -0.2) is 184 Å². The Morgan fingerprint density at radius 1 is 0.391 bits per heavy atom. The maximum absolute atomic E-state index is 12.9. The number of amides is 8. The molecule has 8 amide bonds. The van der Waals surface area contributed by atoms with Gasteiger partial charge in [-0.25, -0.2) is 53.0 Å². The Morgan fingerprint density at radius 3 is 1.27 bits per heavy atom. The molecule has 0 saturated carbocycles. The molecule has 0 unspecified atom stereocenters. The number of pyridine rings is 3. The molecule has 15 rings (SSSR count). The molecule has 128 heavy (non-hydrogen) atoms. The van der Waals surface area contributed by atoms with Gasteiger partial charge in [0.15, 0.2) is 15.1 Å². The van der Waals surface area contributed by atoms with Gasteiger partial charge in [-0.1, -0.05) is 43.7 Å². The highest BCUT2D eigenvalue weighted by Gasteiger charge is 2.32. The van der Waals surface area contributed by atoms with Crippen LogP contribution in [0.4, 0.5) is 64.8 Å². The number of hydrogen-bond acceptors (Lipinski definition) is 29. The summed E-state index contributed by atoms with van der Waals surface area (Å²) in [7, 11) is 0.173. The normalized spacial score (nSPS) is 12.9. The number of nitrogens with one attached hydrogen (secondary N) is 8. The third kappa shape index (κ3) is 22.4. The smallest absolute Gasteiger partial charge is 0.333 e. The van der Waals surface area contributed by atoms with Crippen molar-refractivity contribution in [1.29, 1.82) is 0 Å². The minimum absolute atomic E-state index is 0.0527. The van der Waals surface area contributed by atoms with Gasteiger partial charge in [-0.3, -0.25) is 4.98 Å². The van der Waals surface area contributed by atoms with Gasteiger partial charge in [0, 0.05) is 146 Å². The van der Waals surface area contributed by atoms with Crippen LogP contribution in [0.2, 0.25) is 0 Å². The van der Waals surface area contributed by atoms with Gasteiger partial charge in [0.2, 0.25) is 11.8 Å². The largest absolute Gasteiger partial charge is 0.481 e. The van der Waals surface area contributed by atoms with E-state index in [0.29, 0.717) is 63.0 Å². The number of aromatic nitrogens is 11. The number of aryl methyl sites for hydroxylation is 6. The van der Waals surface area contributed by atoms with Crippen molar-refractivity contribution in [1.82, 2.24) is 74.4 Å². The number of anilines is 8. The fraction of sp³-hybridized carbons (Fsp3) is 0.322. The molecule has 0 radical (unpaired) electrons. The fourth-order valence-electron chi connectivity index (χ4n) is 15.2. The number of methoxy groups -OCH3 is 2. The molecule has 4 aromatic carbocycles. The van der Waals surface area contributed by atoms with E-state index in [-0.39, 0.29) is 21.0 Å². The summed E-state index contributed by atoms with van der Waals surface area (Å²) in [4.78, 5) is 78.3. The minimum Gasteiger partial charge on any atom is -0.481 e. The highest BCUT2D eigenvalue weighted by Crippen LogP contribution is 2.43. The van der Waals surface area contributed by atoms with Crippen LogP contribution in [0.1, 0.15) is 112 Å². The number of hydrogen-bond donors (Lipinski definition) is 8. The lowest BCUT2D eigenvalue weighted by molar-refractivity contribution is 0.255. The summed E-state index contributed by atoms with van der Waals surface area (Å²) in [5, 5.41) is 31.8. The zero-order valence-corrected chi connectivity index (χ0v) is 76.7. The molecular weight excluding hydrogens is 1720 g/mol. The summed E-state index contributed by atoms with van der Waals surface area (Å²) in [6, 6.07) is 25.2. The lowest BCUT2D eigenvalue weighted by Crippen LogP contribution is -2.36. The highest BCUT2D eigenvalue weighted by molar-refractivity contribution is 7.90. The molecule has 0 aliphatic heterocycles. The summed E-state index contributed by atoms with van der Waals surface area (Å²) >= 11 is 0. The summed E-state index contributed by atoms with van der Waals surface area (Å²) in [5.41, 5.74) is 21.5. The summed E-state index contributed by atoms with van der Waals surface area (Å²) in [6.07, 6.45) is 22.2. The number of nitrogens with zero attached hydrogens (tertiary/aromatic N) is 15. The van der Waals surface area contributed by atoms with Gasteiger partial charge in [-0.2, -0.15) is 54.0 Å². The molecule has 41 heteroatoms. The topological polar surface area (TPSA) is 474 Å². The van der Waals surface area contributed by atoms with E-state index in [1.165, 1.54) is 67.7 Å². The van der Waals surface area contributed by atoms with Gasteiger partial charge < -0.3 is 50.3 Å². The molecule has 7 aromatic heterocycles. The van der Waals surface area contributed by atoms with Crippen LogP contribution in [0.15, 0.2) is 161 Å². The van der Waals surface area contributed by atoms with Gasteiger partial charge in [-0.15, -0.1) is 15.3 Å². The van der Waals surface area contributed by atoms with Gasteiger partial charge >= 0.3 is 34.1 Å². The van der Waals surface area contributed by atoms with Crippen molar-refractivity contribution in [3.63, 3.8) is 0 Å². The van der Waals surface area contributed by atoms with Crippen LogP contribution in [0.3, 0.4) is 0 Å². The quantitative estimate of drug-likeness (QED) is 0.0292. The number of carbonyl (C=O) groups excluding carboxylic acids is 4. The predicted octanol–water partition coefficient (Wildman–Crippen LogP) is 11.4. The third-order valence-electron chi connectivity index (χ3n) is 21.4. The second-order valence-electron chi connectivity index (χ2n) is 31.7. The lowest BCUT2D eigenvalue weighted by Gasteiger charge is -2.20. The van der Waals surface area contributed by atoms with Crippen LogP contribution in [0, 0.1) is 20.8 Å². The van der Waals surface area contributed by atoms with E-state index >= 15 is 0 Å². The zero-order chi connectivity index (χ0) is 92.3. The lowest BCUT2D eigenvalue weighted by atomic mass is 9.92. The molecule has 0 fully saturated rings. The van der Waals surface area contributed by atoms with Gasteiger partial charge in [0.25, 0.3) is 35.2 Å². The summed E-state index contributed by atoms with van der Waals surface area (Å²) in [5.74, 6) is 1.36. The molecule has 0 atom stereocenters. The second-order valence-corrected chi connectivity index (χ2v) is 38.2. The standard InChI is InChI=1S/C23H28N6O4S.C22H24N6O4S.C22H24N6O3S.C20H25N5O3S/c1-14(2)18-9-15(3)10-19(16-7-8-24-20(11-16)33-6)22(18)26-23(30)28-34(31,32)21-12-17(29(4)5)13-25-27-21;1-28(2)16-12-20(26-24-13-16)33(30,31)27-22(29)25-21-17-6-4-5-14(17)7-8-18(21)15-9-10-23-19(11-15)32-3;1-14-11-19(15-7-9-23-10-8-15)21(18-6-4-5-17(14)18)25-22(29)27-32(30,31)20-12-16(28(2)3)13-24-26-20;1-12-10-17(25(2)3)22-20(21-12)29(27,28)24-19(26)23-18-15-8-4-6-13(15)11-14-7-5-9-16(14)18/h7-14H,1-6H3,(H2,26,28,30);7-13H,4-6H2,1-3H3,(H2,25,27,29);7-13H,4-6H2,1-3H3,(H2,25,27,29);10-11H,4-9H2,1-3H3,(H2,23,24,26). The number of carbonyl (C=O) groups is 4. The van der Waals surface area contributed by atoms with Crippen LogP contribution < -0.4 is 69.2 Å². The minimum atomic E-state index is -4.26. The van der Waals surface area contributed by atoms with E-state index < -0.39 is 69.4 Å². The Bertz CT molecular complexity index is 6520. The predicted molar refractivity (Wildman–Crippen MR) is 488 cm³/mol. The van der Waals surface area contributed by atoms with E-state index in [0.717, 1.165) is 155 Å². The molecule has 8 N–H and O–H groups in total. The van der Waals surface area contributed by atoms with E-state index in [9.17, 15) is 52.8 Å². The number of rotatable bonds is 22. The molecule has 672 valence electrons. The number of urea groups is 4. The van der Waals surface area contributed by atoms with Crippen molar-refractivity contribution in [2.75, 3.05) is 111 Å². The first-order valence-electron chi connectivity index (χ1n) is 40.7. The molecular formula is C87H101N23O14S4. The average molecular weight is 1820 g/mol. The van der Waals surface area contributed by atoms with E-state index in [2.05, 4.69) is 99.2 Å². The second kappa shape index (κ2) is 39.9. The molecule has 0 spiro atoms. The summed E-state index contributed by atoms with van der Waals surface area (Å²) < 4.78 is 121. The summed E-state index contributed by atoms with van der Waals surface area (Å²) in [6.45, 7) is 9.68. The zero-order valence-electron chi connectivity index (χ0n) is 73.4. The van der Waals surface area contributed by atoms with Gasteiger partial charge in [0.05, 0.1) is 66.9 Å². The SMILES string of the molecule is COc1cc(-c2cc(C)cc(C(C)C)c2NC(=O)NS(=O)(=O)c2cc(N(C)C)cnn2)ccn1.COc1cc(-c2ccc3c(c2NC(=O)NS(=O)(=O)c2cc(N(C)C)cnn2)CCC3)ccn1.Cc1cc(-c2ccncc2)c(NC(=O)NS(=O)(=O)c2cc(N(C)C)cnn2)c2c1CCC2.Cc1cc(N(C)C)nc(S(=O)(=O)NC(=O)Nc2c3c(cc4c2CCC4)CCC3)n1. The molecule has 0 bridgehead atoms. The Labute approximate surface area is 743 Å². The van der Waals surface area contributed by atoms with E-state index in [4.69, 9.17) is 9.47 Å². The number of ether oxygens (including phenoxy) is 2. The molecule has 37 nitrogen and oxygen atoms in total. The number of fused-ring (bicyclic) bond motifs is 4. The first kappa shape index (κ1) is 93.5. The molecule has 11 aromatic rings. The van der Waals surface area contributed by atoms with Crippen molar-refractivity contribution in [3.8, 4) is 45.1 Å². The van der Waals surface area contributed by atoms with Crippen molar-refractivity contribution >= 4 is 110 Å². The van der Waals surface area contributed by atoms with Crippen molar-refractivity contribution in [2.45, 2.75) is 138 Å². The van der Waals surface area contributed by atoms with E-state index in [1.807, 2.05) is 72.7 Å². The van der Waals surface area contributed by atoms with E-state index in [1.54, 1.807) is 138 Å². The Balaban J connectivity index is 0.000000155.